The number of rotatable bonds is 3. The van der Waals surface area contributed by atoms with E-state index < -0.39 is 0 Å². The highest BCUT2D eigenvalue weighted by molar-refractivity contribution is 5.88. The molecule has 88 valence electrons. The number of amides is 1. The summed E-state index contributed by atoms with van der Waals surface area (Å²) in [4.78, 5) is 23.8. The highest BCUT2D eigenvalue weighted by Gasteiger charge is 2.07. The number of aromatic nitrogens is 1. The van der Waals surface area contributed by atoms with Crippen molar-refractivity contribution in [3.8, 4) is 0 Å². The lowest BCUT2D eigenvalue weighted by molar-refractivity contribution is -0.129. The summed E-state index contributed by atoms with van der Waals surface area (Å²) in [6.45, 7) is 0.316. The minimum atomic E-state index is 0.0435. The van der Waals surface area contributed by atoms with E-state index >= 15 is 0 Å². The van der Waals surface area contributed by atoms with Crippen molar-refractivity contribution in [3.63, 3.8) is 0 Å². The molecule has 4 heteroatoms. The molecule has 0 saturated carbocycles. The smallest absolute Gasteiger partial charge is 0.241 e. The number of aldehydes is 1. The Morgan fingerprint density at radius 1 is 1.35 bits per heavy atom. The molecule has 0 unspecified atom stereocenters. The predicted octanol–water partition coefficient (Wildman–Crippen LogP) is 1.54. The summed E-state index contributed by atoms with van der Waals surface area (Å²) in [5.74, 6) is 0.0435. The van der Waals surface area contributed by atoms with Crippen molar-refractivity contribution in [2.75, 3.05) is 14.1 Å². The third-order valence-electron chi connectivity index (χ3n) is 2.74. The Labute approximate surface area is 99.4 Å². The standard InChI is InChI=1S/C13H14N2O2/c1-14(2)13(17)8-15-6-5-11-7-10(9-16)3-4-12(11)15/h3-7,9H,8H2,1-2H3. The molecule has 0 aliphatic carbocycles. The molecule has 0 aliphatic rings. The fourth-order valence-corrected chi connectivity index (χ4v) is 1.72. The molecule has 2 aromatic rings. The first-order valence-electron chi connectivity index (χ1n) is 5.36. The summed E-state index contributed by atoms with van der Waals surface area (Å²) < 4.78 is 1.88. The van der Waals surface area contributed by atoms with Crippen LogP contribution in [0.3, 0.4) is 0 Å². The van der Waals surface area contributed by atoms with Crippen LogP contribution < -0.4 is 0 Å². The van der Waals surface area contributed by atoms with E-state index in [1.165, 1.54) is 0 Å². The van der Waals surface area contributed by atoms with Crippen LogP contribution in [0.5, 0.6) is 0 Å². The van der Waals surface area contributed by atoms with E-state index in [0.717, 1.165) is 17.2 Å². The van der Waals surface area contributed by atoms with E-state index in [1.807, 2.05) is 29.0 Å². The summed E-state index contributed by atoms with van der Waals surface area (Å²) in [5, 5.41) is 0.973. The van der Waals surface area contributed by atoms with Crippen LogP contribution in [0.25, 0.3) is 10.9 Å². The molecule has 1 amide bonds. The van der Waals surface area contributed by atoms with Gasteiger partial charge in [0, 0.05) is 36.8 Å². The number of benzene rings is 1. The molecular formula is C13H14N2O2. The van der Waals surface area contributed by atoms with E-state index in [1.54, 1.807) is 25.1 Å². The zero-order valence-corrected chi connectivity index (χ0v) is 9.88. The Bertz CT molecular complexity index is 570. The molecule has 0 radical (unpaired) electrons. The van der Waals surface area contributed by atoms with Gasteiger partial charge in [-0.1, -0.05) is 0 Å². The molecule has 0 fully saturated rings. The van der Waals surface area contributed by atoms with Gasteiger partial charge in [0.15, 0.2) is 0 Å². The van der Waals surface area contributed by atoms with Crippen molar-refractivity contribution in [1.29, 1.82) is 0 Å². The fourth-order valence-electron chi connectivity index (χ4n) is 1.72. The quantitative estimate of drug-likeness (QED) is 0.751. The van der Waals surface area contributed by atoms with Crippen LogP contribution in [0.1, 0.15) is 10.4 Å². The van der Waals surface area contributed by atoms with Crippen molar-refractivity contribution in [1.82, 2.24) is 9.47 Å². The van der Waals surface area contributed by atoms with Crippen molar-refractivity contribution < 1.29 is 9.59 Å². The van der Waals surface area contributed by atoms with Gasteiger partial charge in [0.2, 0.25) is 5.91 Å². The minimum absolute atomic E-state index is 0.0435. The number of fused-ring (bicyclic) bond motifs is 1. The second kappa shape index (κ2) is 4.41. The maximum absolute atomic E-state index is 11.6. The van der Waals surface area contributed by atoms with Crippen molar-refractivity contribution in [3.05, 3.63) is 36.0 Å². The van der Waals surface area contributed by atoms with E-state index in [9.17, 15) is 9.59 Å². The van der Waals surface area contributed by atoms with Crippen LogP contribution in [0, 0.1) is 0 Å². The van der Waals surface area contributed by atoms with Gasteiger partial charge in [0.05, 0.1) is 0 Å². The molecule has 0 atom stereocenters. The average Bonchev–Trinajstić information content (AvgIpc) is 2.71. The third-order valence-corrected chi connectivity index (χ3v) is 2.74. The summed E-state index contributed by atoms with van der Waals surface area (Å²) >= 11 is 0. The maximum atomic E-state index is 11.6. The highest BCUT2D eigenvalue weighted by atomic mass is 16.2. The van der Waals surface area contributed by atoms with Crippen LogP contribution in [0.15, 0.2) is 30.5 Å². The molecular weight excluding hydrogens is 216 g/mol. The lowest BCUT2D eigenvalue weighted by atomic mass is 10.2. The fraction of sp³-hybridized carbons (Fsp3) is 0.231. The average molecular weight is 230 g/mol. The summed E-state index contributed by atoms with van der Waals surface area (Å²) in [6, 6.07) is 7.35. The number of carbonyl (C=O) groups is 2. The van der Waals surface area contributed by atoms with Gasteiger partial charge in [0.25, 0.3) is 0 Å². The summed E-state index contributed by atoms with van der Waals surface area (Å²) in [6.07, 6.45) is 2.68. The van der Waals surface area contributed by atoms with Gasteiger partial charge in [0.1, 0.15) is 12.8 Å². The van der Waals surface area contributed by atoms with Gasteiger partial charge in [-0.05, 0) is 24.3 Å². The topological polar surface area (TPSA) is 42.3 Å². The minimum Gasteiger partial charge on any atom is -0.347 e. The Balaban J connectivity index is 2.36. The van der Waals surface area contributed by atoms with Crippen LogP contribution in [-0.4, -0.2) is 35.8 Å². The van der Waals surface area contributed by atoms with Crippen LogP contribution >= 0.6 is 0 Å². The number of hydrogen-bond acceptors (Lipinski definition) is 2. The van der Waals surface area contributed by atoms with Gasteiger partial charge in [-0.2, -0.15) is 0 Å². The molecule has 4 nitrogen and oxygen atoms in total. The molecule has 2 rings (SSSR count). The van der Waals surface area contributed by atoms with Gasteiger partial charge in [-0.25, -0.2) is 0 Å². The highest BCUT2D eigenvalue weighted by Crippen LogP contribution is 2.17. The number of likely N-dealkylation sites (N-methyl/N-ethyl adjacent to an activating group) is 1. The van der Waals surface area contributed by atoms with Crippen molar-refractivity contribution >= 4 is 23.1 Å². The lowest BCUT2D eigenvalue weighted by Crippen LogP contribution is -2.25. The third kappa shape index (κ3) is 2.20. The van der Waals surface area contributed by atoms with Gasteiger partial charge in [-0.15, -0.1) is 0 Å². The number of carbonyl (C=O) groups excluding carboxylic acids is 2. The molecule has 1 heterocycles. The number of hydrogen-bond donors (Lipinski definition) is 0. The SMILES string of the molecule is CN(C)C(=O)Cn1ccc2cc(C=O)ccc21. The molecule has 1 aromatic heterocycles. The Morgan fingerprint density at radius 3 is 2.76 bits per heavy atom. The van der Waals surface area contributed by atoms with Crippen LogP contribution in [0.4, 0.5) is 0 Å². The zero-order chi connectivity index (χ0) is 12.4. The first-order chi connectivity index (χ1) is 8.11. The van der Waals surface area contributed by atoms with Crippen LogP contribution in [0.2, 0.25) is 0 Å². The van der Waals surface area contributed by atoms with E-state index in [2.05, 4.69) is 0 Å². The normalized spacial score (nSPS) is 10.5. The first kappa shape index (κ1) is 11.4. The summed E-state index contributed by atoms with van der Waals surface area (Å²) in [5.41, 5.74) is 1.61. The second-order valence-corrected chi connectivity index (χ2v) is 4.17. The molecule has 0 N–H and O–H groups in total. The van der Waals surface area contributed by atoms with E-state index in [-0.39, 0.29) is 5.91 Å². The van der Waals surface area contributed by atoms with E-state index in [0.29, 0.717) is 12.1 Å². The maximum Gasteiger partial charge on any atom is 0.241 e. The molecule has 0 spiro atoms. The Hall–Kier alpha value is -2.10. The largest absolute Gasteiger partial charge is 0.347 e. The van der Waals surface area contributed by atoms with Crippen LogP contribution in [-0.2, 0) is 11.3 Å². The lowest BCUT2D eigenvalue weighted by Gasteiger charge is -2.11. The monoisotopic (exact) mass is 230 g/mol. The Kier molecular flexibility index (Phi) is 2.95. The Morgan fingerprint density at radius 2 is 2.12 bits per heavy atom. The molecule has 0 aliphatic heterocycles. The molecule has 1 aromatic carbocycles. The zero-order valence-electron chi connectivity index (χ0n) is 9.88. The van der Waals surface area contributed by atoms with E-state index in [4.69, 9.17) is 0 Å². The van der Waals surface area contributed by atoms with Gasteiger partial charge < -0.3 is 9.47 Å². The predicted molar refractivity (Wildman–Crippen MR) is 66.0 cm³/mol. The second-order valence-electron chi connectivity index (χ2n) is 4.17. The summed E-state index contributed by atoms with van der Waals surface area (Å²) in [7, 11) is 3.47. The van der Waals surface area contributed by atoms with Crippen molar-refractivity contribution in [2.45, 2.75) is 6.54 Å². The molecule has 0 saturated heterocycles. The molecule has 17 heavy (non-hydrogen) atoms. The first-order valence-corrected chi connectivity index (χ1v) is 5.36. The van der Waals surface area contributed by atoms with Gasteiger partial charge in [-0.3, -0.25) is 9.59 Å². The molecule has 0 bridgehead atoms. The van der Waals surface area contributed by atoms with Crippen molar-refractivity contribution in [2.24, 2.45) is 0 Å². The number of nitrogens with zero attached hydrogens (tertiary/aromatic N) is 2. The van der Waals surface area contributed by atoms with Gasteiger partial charge >= 0.3 is 0 Å².